The maximum Gasteiger partial charge on any atom is 0.0726 e. The first-order valence-corrected chi connectivity index (χ1v) is 15.1. The summed E-state index contributed by atoms with van der Waals surface area (Å²) in [5.74, 6) is 0. The fraction of sp³-hybridized carbons (Fsp3) is 0.559. The van der Waals surface area contributed by atoms with E-state index in [2.05, 4.69) is 79.3 Å². The second-order valence-corrected chi connectivity index (χ2v) is 9.02. The van der Waals surface area contributed by atoms with Gasteiger partial charge in [0.05, 0.1) is 11.2 Å². The van der Waals surface area contributed by atoms with E-state index >= 15 is 0 Å². The van der Waals surface area contributed by atoms with Crippen LogP contribution in [0.1, 0.15) is 105 Å². The number of aryl methyl sites for hydroxylation is 1. The van der Waals surface area contributed by atoms with Gasteiger partial charge in [0.1, 0.15) is 0 Å². The molecule has 0 atom stereocenters. The van der Waals surface area contributed by atoms with E-state index < -0.39 is 0 Å². The Morgan fingerprint density at radius 1 is 0.703 bits per heavy atom. The highest BCUT2D eigenvalue weighted by atomic mass is 15.1. The Kier molecular flexibility index (Phi) is 16.4. The second-order valence-electron chi connectivity index (χ2n) is 9.02. The number of fused-ring (bicyclic) bond motifs is 2. The zero-order valence-corrected chi connectivity index (χ0v) is 25.5. The molecule has 0 radical (unpaired) electrons. The molecule has 0 unspecified atom stereocenters. The molecule has 0 spiro atoms. The minimum atomic E-state index is 1.10. The number of hydrogen-bond acceptors (Lipinski definition) is 3. The lowest BCUT2D eigenvalue weighted by Gasteiger charge is -2.26. The molecule has 3 aromatic rings. The molecule has 2 aromatic carbocycles. The van der Waals surface area contributed by atoms with Gasteiger partial charge in [0, 0.05) is 43.1 Å². The first kappa shape index (κ1) is 32.5. The Labute approximate surface area is 229 Å². The van der Waals surface area contributed by atoms with Crippen LogP contribution in [0.3, 0.4) is 0 Å². The van der Waals surface area contributed by atoms with Crippen molar-refractivity contribution < 1.29 is 0 Å². The molecule has 0 amide bonds. The lowest BCUT2D eigenvalue weighted by Crippen LogP contribution is -2.18. The van der Waals surface area contributed by atoms with Gasteiger partial charge in [-0.2, -0.15) is 0 Å². The predicted molar refractivity (Wildman–Crippen MR) is 169 cm³/mol. The van der Waals surface area contributed by atoms with E-state index in [4.69, 9.17) is 4.98 Å². The summed E-state index contributed by atoms with van der Waals surface area (Å²) in [4.78, 5) is 9.71. The highest BCUT2D eigenvalue weighted by molar-refractivity contribution is 5.96. The van der Waals surface area contributed by atoms with E-state index in [0.717, 1.165) is 24.9 Å². The SMILES string of the molecule is CC.CC.CC.CCCCCCCCN(C)c1ccc(N(C)c2c3c(nc4ccccc24)CCC3)cc1. The van der Waals surface area contributed by atoms with Crippen molar-refractivity contribution in [3.8, 4) is 0 Å². The smallest absolute Gasteiger partial charge is 0.0726 e. The monoisotopic (exact) mass is 505 g/mol. The van der Waals surface area contributed by atoms with E-state index in [1.54, 1.807) is 0 Å². The molecule has 0 bridgehead atoms. The van der Waals surface area contributed by atoms with Crippen LogP contribution in [0.5, 0.6) is 0 Å². The van der Waals surface area contributed by atoms with Crippen molar-refractivity contribution in [1.82, 2.24) is 4.98 Å². The Morgan fingerprint density at radius 2 is 1.30 bits per heavy atom. The van der Waals surface area contributed by atoms with Gasteiger partial charge in [-0.05, 0) is 61.6 Å². The molecular formula is C34H55N3. The van der Waals surface area contributed by atoms with Crippen molar-refractivity contribution in [2.45, 2.75) is 106 Å². The molecule has 37 heavy (non-hydrogen) atoms. The van der Waals surface area contributed by atoms with Crippen LogP contribution in [0.4, 0.5) is 17.1 Å². The van der Waals surface area contributed by atoms with Crippen molar-refractivity contribution in [3.05, 3.63) is 59.8 Å². The molecule has 0 aliphatic heterocycles. The van der Waals surface area contributed by atoms with Crippen molar-refractivity contribution >= 4 is 28.0 Å². The van der Waals surface area contributed by atoms with E-state index in [1.807, 2.05) is 41.5 Å². The molecule has 3 heteroatoms. The summed E-state index contributed by atoms with van der Waals surface area (Å²) >= 11 is 0. The summed E-state index contributed by atoms with van der Waals surface area (Å²) in [5.41, 5.74) is 7.71. The van der Waals surface area contributed by atoms with Gasteiger partial charge in [0.2, 0.25) is 0 Å². The summed E-state index contributed by atoms with van der Waals surface area (Å²) in [7, 11) is 4.42. The fourth-order valence-electron chi connectivity index (χ4n) is 4.89. The number of unbranched alkanes of at least 4 members (excludes halogenated alkanes) is 5. The molecule has 1 aliphatic rings. The van der Waals surface area contributed by atoms with Gasteiger partial charge in [-0.1, -0.05) is 98.8 Å². The van der Waals surface area contributed by atoms with Crippen molar-refractivity contribution in [3.63, 3.8) is 0 Å². The Morgan fingerprint density at radius 3 is 1.97 bits per heavy atom. The second kappa shape index (κ2) is 18.7. The molecule has 0 fully saturated rings. The van der Waals surface area contributed by atoms with Gasteiger partial charge in [-0.15, -0.1) is 0 Å². The van der Waals surface area contributed by atoms with Crippen molar-refractivity contribution in [1.29, 1.82) is 0 Å². The average molecular weight is 506 g/mol. The number of para-hydroxylation sites is 1. The van der Waals surface area contributed by atoms with Crippen LogP contribution in [0.2, 0.25) is 0 Å². The first-order valence-electron chi connectivity index (χ1n) is 15.1. The van der Waals surface area contributed by atoms with Crippen LogP contribution in [-0.4, -0.2) is 25.6 Å². The summed E-state index contributed by atoms with van der Waals surface area (Å²) in [6.45, 7) is 15.4. The van der Waals surface area contributed by atoms with Crippen LogP contribution < -0.4 is 9.80 Å². The first-order chi connectivity index (χ1) is 18.2. The molecule has 1 heterocycles. The maximum atomic E-state index is 4.95. The van der Waals surface area contributed by atoms with E-state index in [-0.39, 0.29) is 0 Å². The molecule has 4 rings (SSSR count). The highest BCUT2D eigenvalue weighted by Gasteiger charge is 2.22. The summed E-state index contributed by atoms with van der Waals surface area (Å²) in [6, 6.07) is 17.7. The number of hydrogen-bond donors (Lipinski definition) is 0. The Bertz CT molecular complexity index is 994. The zero-order chi connectivity index (χ0) is 27.6. The average Bonchev–Trinajstić information content (AvgIpc) is 3.44. The summed E-state index contributed by atoms with van der Waals surface area (Å²) < 4.78 is 0. The van der Waals surface area contributed by atoms with Crippen LogP contribution in [0.25, 0.3) is 10.9 Å². The fourth-order valence-corrected chi connectivity index (χ4v) is 4.89. The largest absolute Gasteiger partial charge is 0.375 e. The molecule has 1 aromatic heterocycles. The van der Waals surface area contributed by atoms with Gasteiger partial charge in [-0.25, -0.2) is 0 Å². The molecular weight excluding hydrogens is 450 g/mol. The molecule has 3 nitrogen and oxygen atoms in total. The van der Waals surface area contributed by atoms with Crippen molar-refractivity contribution in [2.24, 2.45) is 0 Å². The normalized spacial score (nSPS) is 11.3. The van der Waals surface area contributed by atoms with Crippen LogP contribution >= 0.6 is 0 Å². The third-order valence-corrected chi connectivity index (χ3v) is 6.75. The standard InChI is InChI=1S/C28H37N3.3C2H6/c1-4-5-6-7-8-11-21-30(2)22-17-19-23(20-18-22)31(3)28-24-13-9-10-15-26(24)29-27-16-12-14-25(27)28;3*1-2/h9-10,13,15,17-20H,4-8,11-12,14,16,21H2,1-3H3;3*1-2H3. The minimum Gasteiger partial charge on any atom is -0.375 e. The number of rotatable bonds is 10. The maximum absolute atomic E-state index is 4.95. The van der Waals surface area contributed by atoms with E-state index in [0.29, 0.717) is 0 Å². The van der Waals surface area contributed by atoms with Crippen LogP contribution in [0.15, 0.2) is 48.5 Å². The van der Waals surface area contributed by atoms with Gasteiger partial charge in [0.15, 0.2) is 0 Å². The number of pyridine rings is 1. The third kappa shape index (κ3) is 9.05. The Hall–Kier alpha value is -2.55. The molecule has 0 saturated carbocycles. The molecule has 206 valence electrons. The number of anilines is 3. The lowest BCUT2D eigenvalue weighted by molar-refractivity contribution is 0.606. The number of benzene rings is 2. The zero-order valence-electron chi connectivity index (χ0n) is 25.5. The van der Waals surface area contributed by atoms with Gasteiger partial charge < -0.3 is 9.80 Å². The summed E-state index contributed by atoms with van der Waals surface area (Å²) in [5, 5.41) is 1.26. The van der Waals surface area contributed by atoms with Crippen LogP contribution in [-0.2, 0) is 12.8 Å². The van der Waals surface area contributed by atoms with E-state index in [9.17, 15) is 0 Å². The highest BCUT2D eigenvalue weighted by Crippen LogP contribution is 2.39. The van der Waals surface area contributed by atoms with Crippen LogP contribution in [0, 0.1) is 0 Å². The van der Waals surface area contributed by atoms with Crippen molar-refractivity contribution in [2.75, 3.05) is 30.4 Å². The summed E-state index contributed by atoms with van der Waals surface area (Å²) in [6.07, 6.45) is 11.5. The minimum absolute atomic E-state index is 1.10. The lowest BCUT2D eigenvalue weighted by atomic mass is 10.1. The van der Waals surface area contributed by atoms with E-state index in [1.165, 1.54) is 78.7 Å². The molecule has 1 aliphatic carbocycles. The predicted octanol–water partition coefficient (Wildman–Crippen LogP) is 10.4. The topological polar surface area (TPSA) is 19.4 Å². The molecule has 0 saturated heterocycles. The van der Waals surface area contributed by atoms with Gasteiger partial charge in [-0.3, -0.25) is 4.98 Å². The van der Waals surface area contributed by atoms with Gasteiger partial charge in [0.25, 0.3) is 0 Å². The third-order valence-electron chi connectivity index (χ3n) is 6.75. The molecule has 0 N–H and O–H groups in total. The quantitative estimate of drug-likeness (QED) is 0.255. The Balaban J connectivity index is 0.00000106. The number of aromatic nitrogens is 1. The number of nitrogens with zero attached hydrogens (tertiary/aromatic N) is 3. The van der Waals surface area contributed by atoms with Gasteiger partial charge >= 0.3 is 0 Å².